The molecule has 0 bridgehead atoms. The molecule has 142 valence electrons. The number of rotatable bonds is 3. The van der Waals surface area contributed by atoms with Crippen LogP contribution in [0.15, 0.2) is 4.99 Å². The molecule has 2 saturated carbocycles. The number of thioether (sulfide) groups is 1. The first-order valence-corrected chi connectivity index (χ1v) is 12.7. The quantitative estimate of drug-likeness (QED) is 0.596. The molecule has 7 heteroatoms. The second-order valence-corrected chi connectivity index (χ2v) is 12.2. The molecule has 0 aromatic carbocycles. The minimum absolute atomic E-state index is 0.212. The van der Waals surface area contributed by atoms with Crippen LogP contribution in [0.3, 0.4) is 0 Å². The van der Waals surface area contributed by atoms with Crippen LogP contribution in [0.4, 0.5) is 0 Å². The third-order valence-electron chi connectivity index (χ3n) is 6.05. The molecule has 0 aromatic heterocycles. The standard InChI is InChI=1S/C18H31N3O2S2/c22-25(23)11-6-15(13-25)12-19-17(20-16-4-5-16)21-9-10-24-18(14-21)7-2-1-3-8-18/h15-16H,1-14H2,(H,19,20). The lowest BCUT2D eigenvalue weighted by Crippen LogP contribution is -2.54. The van der Waals surface area contributed by atoms with Gasteiger partial charge < -0.3 is 10.2 Å². The number of guanidine groups is 1. The summed E-state index contributed by atoms with van der Waals surface area (Å²) < 4.78 is 23.8. The molecule has 1 unspecified atom stereocenters. The van der Waals surface area contributed by atoms with Crippen molar-refractivity contribution < 1.29 is 8.42 Å². The summed E-state index contributed by atoms with van der Waals surface area (Å²) >= 11 is 2.18. The smallest absolute Gasteiger partial charge is 0.194 e. The van der Waals surface area contributed by atoms with E-state index < -0.39 is 9.84 Å². The molecule has 2 heterocycles. The minimum Gasteiger partial charge on any atom is -0.354 e. The summed E-state index contributed by atoms with van der Waals surface area (Å²) in [4.78, 5) is 7.39. The van der Waals surface area contributed by atoms with Gasteiger partial charge in [-0.1, -0.05) is 19.3 Å². The van der Waals surface area contributed by atoms with E-state index in [1.165, 1.54) is 50.7 Å². The fourth-order valence-electron chi connectivity index (χ4n) is 4.40. The van der Waals surface area contributed by atoms with E-state index in [2.05, 4.69) is 22.0 Å². The predicted molar refractivity (Wildman–Crippen MR) is 105 cm³/mol. The Balaban J connectivity index is 1.43. The van der Waals surface area contributed by atoms with E-state index >= 15 is 0 Å². The molecule has 0 radical (unpaired) electrons. The van der Waals surface area contributed by atoms with Gasteiger partial charge in [0, 0.05) is 36.2 Å². The highest BCUT2D eigenvalue weighted by atomic mass is 32.2. The zero-order valence-corrected chi connectivity index (χ0v) is 16.7. The van der Waals surface area contributed by atoms with Crippen molar-refractivity contribution in [3.05, 3.63) is 0 Å². The Labute approximate surface area is 156 Å². The lowest BCUT2D eigenvalue weighted by Gasteiger charge is -2.45. The Hall–Kier alpha value is -0.430. The zero-order chi connectivity index (χ0) is 17.3. The Morgan fingerprint density at radius 3 is 2.68 bits per heavy atom. The average Bonchev–Trinajstić information content (AvgIpc) is 3.34. The molecule has 2 saturated heterocycles. The van der Waals surface area contributed by atoms with Crippen molar-refractivity contribution in [2.75, 3.05) is 36.9 Å². The van der Waals surface area contributed by atoms with Crippen molar-refractivity contribution in [2.24, 2.45) is 10.9 Å². The monoisotopic (exact) mass is 385 g/mol. The van der Waals surface area contributed by atoms with Crippen molar-refractivity contribution in [2.45, 2.75) is 62.2 Å². The summed E-state index contributed by atoms with van der Waals surface area (Å²) in [6, 6.07) is 0.586. The van der Waals surface area contributed by atoms with E-state index in [4.69, 9.17) is 4.99 Å². The SMILES string of the molecule is O=S1(=O)CCC(CN=C(NC2CC2)N2CCSC3(CCCCC3)C2)C1. The maximum atomic E-state index is 11.7. The minimum atomic E-state index is -2.81. The molecule has 4 rings (SSSR count). The maximum Gasteiger partial charge on any atom is 0.194 e. The molecule has 4 aliphatic rings. The van der Waals surface area contributed by atoms with Gasteiger partial charge in [0.15, 0.2) is 15.8 Å². The molecular weight excluding hydrogens is 354 g/mol. The van der Waals surface area contributed by atoms with E-state index in [0.29, 0.717) is 28.8 Å². The molecule has 4 fully saturated rings. The third kappa shape index (κ3) is 4.65. The summed E-state index contributed by atoms with van der Waals surface area (Å²) in [5, 5.41) is 3.64. The zero-order valence-electron chi connectivity index (χ0n) is 15.1. The van der Waals surface area contributed by atoms with Gasteiger partial charge in [-0.3, -0.25) is 4.99 Å². The van der Waals surface area contributed by atoms with Gasteiger partial charge in [0.2, 0.25) is 0 Å². The van der Waals surface area contributed by atoms with Gasteiger partial charge in [-0.2, -0.15) is 11.8 Å². The van der Waals surface area contributed by atoms with E-state index in [9.17, 15) is 8.42 Å². The maximum absolute atomic E-state index is 11.7. The van der Waals surface area contributed by atoms with Gasteiger partial charge in [0.25, 0.3) is 0 Å². The van der Waals surface area contributed by atoms with Gasteiger partial charge in [0.1, 0.15) is 0 Å². The van der Waals surface area contributed by atoms with Crippen molar-refractivity contribution >= 4 is 27.6 Å². The van der Waals surface area contributed by atoms with Gasteiger partial charge in [-0.15, -0.1) is 0 Å². The van der Waals surface area contributed by atoms with Crippen molar-refractivity contribution in [3.8, 4) is 0 Å². The first kappa shape index (κ1) is 18.0. The van der Waals surface area contributed by atoms with E-state index in [-0.39, 0.29) is 5.92 Å². The van der Waals surface area contributed by atoms with Crippen LogP contribution in [0.1, 0.15) is 51.4 Å². The number of hydrogen-bond acceptors (Lipinski definition) is 4. The average molecular weight is 386 g/mol. The normalized spacial score (nSPS) is 32.1. The highest BCUT2D eigenvalue weighted by Gasteiger charge is 2.39. The van der Waals surface area contributed by atoms with E-state index in [1.54, 1.807) is 0 Å². The molecule has 25 heavy (non-hydrogen) atoms. The van der Waals surface area contributed by atoms with Gasteiger partial charge in [-0.05, 0) is 38.0 Å². The van der Waals surface area contributed by atoms with Crippen molar-refractivity contribution in [1.29, 1.82) is 0 Å². The Morgan fingerprint density at radius 2 is 2.00 bits per heavy atom. The highest BCUT2D eigenvalue weighted by molar-refractivity contribution is 8.00. The molecule has 2 aliphatic carbocycles. The molecule has 5 nitrogen and oxygen atoms in total. The molecule has 1 atom stereocenters. The predicted octanol–water partition coefficient (Wildman–Crippen LogP) is 2.28. The number of aliphatic imine (C=N–C) groups is 1. The van der Waals surface area contributed by atoms with Crippen LogP contribution in [0.5, 0.6) is 0 Å². The van der Waals surface area contributed by atoms with Crippen LogP contribution < -0.4 is 5.32 Å². The molecule has 1 N–H and O–H groups in total. The second kappa shape index (κ2) is 7.29. The fraction of sp³-hybridized carbons (Fsp3) is 0.944. The summed E-state index contributed by atoms with van der Waals surface area (Å²) in [5.41, 5.74) is 0. The Kier molecular flexibility index (Phi) is 5.24. The van der Waals surface area contributed by atoms with Crippen molar-refractivity contribution in [3.63, 3.8) is 0 Å². The second-order valence-electron chi connectivity index (χ2n) is 8.37. The lowest BCUT2D eigenvalue weighted by atomic mass is 9.87. The summed E-state index contributed by atoms with van der Waals surface area (Å²) in [5.74, 6) is 3.12. The van der Waals surface area contributed by atoms with Crippen LogP contribution in [-0.2, 0) is 9.84 Å². The highest BCUT2D eigenvalue weighted by Crippen LogP contribution is 2.42. The Bertz CT molecular complexity index is 604. The molecule has 0 aromatic rings. The molecule has 2 aliphatic heterocycles. The fourth-order valence-corrected chi connectivity index (χ4v) is 7.82. The van der Waals surface area contributed by atoms with Crippen LogP contribution in [0.25, 0.3) is 0 Å². The summed E-state index contributed by atoms with van der Waals surface area (Å²) in [7, 11) is -2.81. The largest absolute Gasteiger partial charge is 0.354 e. The van der Waals surface area contributed by atoms with Crippen LogP contribution >= 0.6 is 11.8 Å². The van der Waals surface area contributed by atoms with Crippen LogP contribution in [0.2, 0.25) is 0 Å². The Morgan fingerprint density at radius 1 is 1.20 bits per heavy atom. The third-order valence-corrected chi connectivity index (χ3v) is 9.42. The van der Waals surface area contributed by atoms with Crippen molar-refractivity contribution in [1.82, 2.24) is 10.2 Å². The number of sulfone groups is 1. The van der Waals surface area contributed by atoms with Crippen LogP contribution in [0, 0.1) is 5.92 Å². The van der Waals surface area contributed by atoms with E-state index in [0.717, 1.165) is 25.5 Å². The first-order valence-electron chi connectivity index (χ1n) is 9.94. The van der Waals surface area contributed by atoms with E-state index in [1.807, 2.05) is 0 Å². The number of nitrogens with zero attached hydrogens (tertiary/aromatic N) is 2. The topological polar surface area (TPSA) is 61.8 Å². The number of hydrogen-bond donors (Lipinski definition) is 1. The van der Waals surface area contributed by atoms with Gasteiger partial charge in [0.05, 0.1) is 11.5 Å². The summed E-state index contributed by atoms with van der Waals surface area (Å²) in [6.07, 6.45) is 10.1. The molecule has 1 spiro atoms. The lowest BCUT2D eigenvalue weighted by molar-refractivity contribution is 0.292. The number of nitrogens with one attached hydrogen (secondary N) is 1. The first-order chi connectivity index (χ1) is 12.0. The molecule has 0 amide bonds. The summed E-state index contributed by atoms with van der Waals surface area (Å²) in [6.45, 7) is 2.83. The van der Waals surface area contributed by atoms with Crippen LogP contribution in [-0.4, -0.2) is 67.0 Å². The van der Waals surface area contributed by atoms with Gasteiger partial charge >= 0.3 is 0 Å². The van der Waals surface area contributed by atoms with Gasteiger partial charge in [-0.25, -0.2) is 8.42 Å². The molecular formula is C18H31N3O2S2.